The molecule has 0 saturated heterocycles. The molecule has 1 aromatic carbocycles. The summed E-state index contributed by atoms with van der Waals surface area (Å²) in [6.07, 6.45) is 0.441. The van der Waals surface area contributed by atoms with Gasteiger partial charge in [-0.2, -0.15) is 13.2 Å². The van der Waals surface area contributed by atoms with Gasteiger partial charge >= 0.3 is 6.18 Å². The lowest BCUT2D eigenvalue weighted by Gasteiger charge is -2.08. The molecule has 0 fully saturated rings. The van der Waals surface area contributed by atoms with Crippen LogP contribution in [0.15, 0.2) is 65.6 Å². The highest BCUT2D eigenvalue weighted by molar-refractivity contribution is 5.78. The van der Waals surface area contributed by atoms with Crippen LogP contribution in [0.25, 0.3) is 11.3 Å². The molecule has 0 aliphatic rings. The Bertz CT molecular complexity index is 855. The lowest BCUT2D eigenvalue weighted by molar-refractivity contribution is -0.137. The zero-order valence-corrected chi connectivity index (χ0v) is 13.6. The molecule has 0 saturated carbocycles. The van der Waals surface area contributed by atoms with Crippen molar-refractivity contribution in [2.24, 2.45) is 0 Å². The first-order chi connectivity index (χ1) is 12.4. The second kappa shape index (κ2) is 7.43. The molecule has 0 radical (unpaired) electrons. The molecule has 2 aromatic heterocycles. The normalized spacial score (nSPS) is 11.3. The zero-order chi connectivity index (χ0) is 18.6. The number of rotatable bonds is 5. The van der Waals surface area contributed by atoms with E-state index in [4.69, 9.17) is 4.42 Å². The molecule has 134 valence electrons. The number of furan rings is 1. The molecular formula is C19H15F3N2O2. The van der Waals surface area contributed by atoms with Crippen LogP contribution in [0.4, 0.5) is 13.2 Å². The minimum atomic E-state index is -4.38. The van der Waals surface area contributed by atoms with E-state index in [0.29, 0.717) is 5.56 Å². The summed E-state index contributed by atoms with van der Waals surface area (Å²) in [4.78, 5) is 16.3. The summed E-state index contributed by atoms with van der Waals surface area (Å²) in [7, 11) is 0. The monoisotopic (exact) mass is 360 g/mol. The first kappa shape index (κ1) is 17.7. The summed E-state index contributed by atoms with van der Waals surface area (Å²) in [6.45, 7) is 0.290. The summed E-state index contributed by atoms with van der Waals surface area (Å²) in [5.74, 6) is -0.274. The van der Waals surface area contributed by atoms with Crippen molar-refractivity contribution >= 4 is 5.91 Å². The fourth-order valence-electron chi connectivity index (χ4n) is 2.37. The second-order valence-electron chi connectivity index (χ2n) is 5.71. The topological polar surface area (TPSA) is 55.1 Å². The van der Waals surface area contributed by atoms with E-state index in [1.165, 1.54) is 12.1 Å². The molecule has 0 atom stereocenters. The maximum atomic E-state index is 12.5. The smallest absolute Gasteiger partial charge is 0.416 e. The van der Waals surface area contributed by atoms with Gasteiger partial charge in [-0.25, -0.2) is 0 Å². The lowest BCUT2D eigenvalue weighted by Crippen LogP contribution is -2.24. The first-order valence-corrected chi connectivity index (χ1v) is 7.82. The Morgan fingerprint density at radius 1 is 1.04 bits per heavy atom. The number of benzene rings is 1. The Kier molecular flexibility index (Phi) is 5.06. The average molecular weight is 360 g/mol. The number of aromatic nitrogens is 1. The van der Waals surface area contributed by atoms with Crippen molar-refractivity contribution in [1.82, 2.24) is 10.3 Å². The van der Waals surface area contributed by atoms with Crippen LogP contribution in [-0.4, -0.2) is 10.9 Å². The molecule has 4 nitrogen and oxygen atoms in total. The number of hydrogen-bond donors (Lipinski definition) is 1. The molecule has 0 unspecified atom stereocenters. The number of carbonyl (C=O) groups is 1. The summed E-state index contributed by atoms with van der Waals surface area (Å²) in [6, 6.07) is 10.0. The van der Waals surface area contributed by atoms with Gasteiger partial charge in [-0.15, -0.1) is 0 Å². The third-order valence-electron chi connectivity index (χ3n) is 3.78. The number of amides is 1. The Labute approximate surface area is 147 Å². The van der Waals surface area contributed by atoms with E-state index < -0.39 is 11.7 Å². The van der Waals surface area contributed by atoms with Crippen LogP contribution in [0.1, 0.15) is 16.7 Å². The Morgan fingerprint density at radius 3 is 2.35 bits per heavy atom. The molecule has 1 N–H and O–H groups in total. The molecule has 0 aliphatic heterocycles. The fourth-order valence-corrected chi connectivity index (χ4v) is 2.37. The molecule has 1 amide bonds. The number of halogens is 3. The summed E-state index contributed by atoms with van der Waals surface area (Å²) in [5, 5.41) is 2.73. The van der Waals surface area contributed by atoms with Crippen molar-refractivity contribution in [3.05, 3.63) is 77.9 Å². The maximum Gasteiger partial charge on any atom is 0.416 e. The van der Waals surface area contributed by atoms with Crippen molar-refractivity contribution in [2.45, 2.75) is 19.1 Å². The molecule has 0 spiro atoms. The first-order valence-electron chi connectivity index (χ1n) is 7.82. The number of carbonyl (C=O) groups excluding carboxylic acids is 1. The fraction of sp³-hybridized carbons (Fsp3) is 0.158. The van der Waals surface area contributed by atoms with E-state index in [1.807, 2.05) is 12.1 Å². The van der Waals surface area contributed by atoms with Crippen molar-refractivity contribution in [2.75, 3.05) is 0 Å². The van der Waals surface area contributed by atoms with Crippen molar-refractivity contribution in [3.8, 4) is 11.3 Å². The lowest BCUT2D eigenvalue weighted by atomic mass is 10.1. The van der Waals surface area contributed by atoms with E-state index >= 15 is 0 Å². The van der Waals surface area contributed by atoms with Crippen LogP contribution >= 0.6 is 0 Å². The van der Waals surface area contributed by atoms with E-state index in [1.54, 1.807) is 24.8 Å². The van der Waals surface area contributed by atoms with Gasteiger partial charge in [0, 0.05) is 18.3 Å². The molecule has 7 heteroatoms. The van der Waals surface area contributed by atoms with Crippen molar-refractivity contribution in [1.29, 1.82) is 0 Å². The number of hydrogen-bond acceptors (Lipinski definition) is 3. The van der Waals surface area contributed by atoms with Crippen LogP contribution in [0, 0.1) is 0 Å². The maximum absolute atomic E-state index is 12.5. The second-order valence-corrected chi connectivity index (χ2v) is 5.71. The number of nitrogens with zero attached hydrogens (tertiary/aromatic N) is 1. The average Bonchev–Trinajstić information content (AvgIpc) is 3.15. The molecule has 26 heavy (non-hydrogen) atoms. The zero-order valence-electron chi connectivity index (χ0n) is 13.6. The van der Waals surface area contributed by atoms with Crippen LogP contribution in [-0.2, 0) is 23.9 Å². The third-order valence-corrected chi connectivity index (χ3v) is 3.78. The Balaban J connectivity index is 1.52. The van der Waals surface area contributed by atoms with E-state index in [0.717, 1.165) is 29.0 Å². The Hall–Kier alpha value is -3.09. The van der Waals surface area contributed by atoms with E-state index in [2.05, 4.69) is 10.3 Å². The minimum absolute atomic E-state index is 0.0126. The molecule has 3 aromatic rings. The largest absolute Gasteiger partial charge is 0.472 e. The summed E-state index contributed by atoms with van der Waals surface area (Å²) >= 11 is 0. The quantitative estimate of drug-likeness (QED) is 0.741. The number of pyridine rings is 1. The van der Waals surface area contributed by atoms with Gasteiger partial charge in [0.2, 0.25) is 5.91 Å². The standard InChI is InChI=1S/C19H15F3N2O2/c20-19(21,22)16-4-1-13(2-5-16)9-18(25)24-11-14-3-6-17(23-10-14)15-7-8-26-12-15/h1-8,10,12H,9,11H2,(H,24,25). The van der Waals surface area contributed by atoms with E-state index in [9.17, 15) is 18.0 Å². The van der Waals surface area contributed by atoms with Gasteiger partial charge in [-0.3, -0.25) is 9.78 Å². The number of nitrogens with one attached hydrogen (secondary N) is 1. The van der Waals surface area contributed by atoms with Gasteiger partial charge < -0.3 is 9.73 Å². The highest BCUT2D eigenvalue weighted by Crippen LogP contribution is 2.29. The molecule has 0 bridgehead atoms. The highest BCUT2D eigenvalue weighted by Gasteiger charge is 2.29. The highest BCUT2D eigenvalue weighted by atomic mass is 19.4. The van der Waals surface area contributed by atoms with Gasteiger partial charge in [-0.1, -0.05) is 18.2 Å². The van der Waals surface area contributed by atoms with Crippen LogP contribution < -0.4 is 5.32 Å². The van der Waals surface area contributed by atoms with Gasteiger partial charge in [0.25, 0.3) is 0 Å². The van der Waals surface area contributed by atoms with Crippen LogP contribution in [0.2, 0.25) is 0 Å². The molecular weight excluding hydrogens is 345 g/mol. The molecule has 3 rings (SSSR count). The van der Waals surface area contributed by atoms with Gasteiger partial charge in [0.15, 0.2) is 0 Å². The molecule has 0 aliphatic carbocycles. The summed E-state index contributed by atoms with van der Waals surface area (Å²) < 4.78 is 42.6. The molecule has 2 heterocycles. The SMILES string of the molecule is O=C(Cc1ccc(C(F)(F)F)cc1)NCc1ccc(-c2ccoc2)nc1. The Morgan fingerprint density at radius 2 is 1.77 bits per heavy atom. The summed E-state index contributed by atoms with van der Waals surface area (Å²) in [5.41, 5.74) is 2.23. The number of alkyl halides is 3. The van der Waals surface area contributed by atoms with Gasteiger partial charge in [-0.05, 0) is 35.4 Å². The van der Waals surface area contributed by atoms with E-state index in [-0.39, 0.29) is 18.9 Å². The predicted molar refractivity (Wildman–Crippen MR) is 88.9 cm³/mol. The van der Waals surface area contributed by atoms with Gasteiger partial charge in [0.1, 0.15) is 0 Å². The van der Waals surface area contributed by atoms with Crippen LogP contribution in [0.5, 0.6) is 0 Å². The van der Waals surface area contributed by atoms with Gasteiger partial charge in [0.05, 0.1) is 30.2 Å². The van der Waals surface area contributed by atoms with Crippen LogP contribution in [0.3, 0.4) is 0 Å². The van der Waals surface area contributed by atoms with Crippen molar-refractivity contribution < 1.29 is 22.4 Å². The predicted octanol–water partition coefficient (Wildman–Crippen LogP) is 4.22. The minimum Gasteiger partial charge on any atom is -0.472 e. The third kappa shape index (κ3) is 4.50. The van der Waals surface area contributed by atoms with Crippen molar-refractivity contribution in [3.63, 3.8) is 0 Å².